The monoisotopic (exact) mass is 235 g/mol. The smallest absolute Gasteiger partial charge is 0.145 e. The molecule has 0 aromatic carbocycles. The molecule has 0 aliphatic carbocycles. The van der Waals surface area contributed by atoms with E-state index in [1.54, 1.807) is 17.4 Å². The van der Waals surface area contributed by atoms with Gasteiger partial charge in [0.05, 0.1) is 6.04 Å². The number of aromatic nitrogens is 2. The zero-order valence-corrected chi connectivity index (χ0v) is 9.66. The number of anilines is 2. The minimum atomic E-state index is 0.215. The molecular formula is C10H13N5S. The molecule has 0 saturated heterocycles. The minimum absolute atomic E-state index is 0.215. The summed E-state index contributed by atoms with van der Waals surface area (Å²) < 4.78 is 0. The number of thiophene rings is 1. The topological polar surface area (TPSA) is 75.9 Å². The number of nitrogens with two attached hydrogens (primary N) is 1. The number of rotatable bonds is 4. The molecule has 0 bridgehead atoms. The Morgan fingerprint density at radius 3 is 2.88 bits per heavy atom. The number of nitrogens with zero attached hydrogens (tertiary/aromatic N) is 2. The molecule has 5 nitrogen and oxygen atoms in total. The van der Waals surface area contributed by atoms with Crippen molar-refractivity contribution in [1.29, 1.82) is 0 Å². The second kappa shape index (κ2) is 4.91. The van der Waals surface area contributed by atoms with Gasteiger partial charge in [0.1, 0.15) is 18.0 Å². The van der Waals surface area contributed by atoms with Crippen LogP contribution in [0, 0.1) is 0 Å². The zero-order valence-electron chi connectivity index (χ0n) is 8.84. The fourth-order valence-electron chi connectivity index (χ4n) is 1.34. The summed E-state index contributed by atoms with van der Waals surface area (Å²) in [6.45, 7) is 2.08. The van der Waals surface area contributed by atoms with Crippen LogP contribution in [0.4, 0.5) is 11.6 Å². The van der Waals surface area contributed by atoms with E-state index in [2.05, 4.69) is 44.5 Å². The molecule has 16 heavy (non-hydrogen) atoms. The van der Waals surface area contributed by atoms with Gasteiger partial charge in [-0.1, -0.05) is 0 Å². The van der Waals surface area contributed by atoms with E-state index in [0.29, 0.717) is 5.82 Å². The number of hydrogen-bond acceptors (Lipinski definition) is 6. The third-order valence-corrected chi connectivity index (χ3v) is 2.92. The summed E-state index contributed by atoms with van der Waals surface area (Å²) in [5.74, 6) is 6.62. The van der Waals surface area contributed by atoms with Gasteiger partial charge in [0.15, 0.2) is 0 Å². The van der Waals surface area contributed by atoms with Crippen molar-refractivity contribution < 1.29 is 0 Å². The largest absolute Gasteiger partial charge is 0.363 e. The molecule has 0 aliphatic rings. The average molecular weight is 235 g/mol. The van der Waals surface area contributed by atoms with Crippen molar-refractivity contribution in [2.75, 3.05) is 10.7 Å². The molecule has 84 valence electrons. The summed E-state index contributed by atoms with van der Waals surface area (Å²) in [6.07, 6.45) is 1.47. The maximum Gasteiger partial charge on any atom is 0.145 e. The third kappa shape index (κ3) is 2.47. The molecule has 0 radical (unpaired) electrons. The molecule has 6 heteroatoms. The van der Waals surface area contributed by atoms with E-state index >= 15 is 0 Å². The highest BCUT2D eigenvalue weighted by Gasteiger charge is 2.06. The van der Waals surface area contributed by atoms with E-state index in [1.165, 1.54) is 11.9 Å². The number of nitrogen functional groups attached to an aromatic ring is 1. The lowest BCUT2D eigenvalue weighted by molar-refractivity contribution is 0.877. The molecule has 0 spiro atoms. The molecule has 0 amide bonds. The second-order valence-electron chi connectivity index (χ2n) is 3.36. The van der Waals surface area contributed by atoms with Gasteiger partial charge in [0, 0.05) is 6.07 Å². The highest BCUT2D eigenvalue weighted by molar-refractivity contribution is 7.07. The van der Waals surface area contributed by atoms with E-state index in [0.717, 1.165) is 5.82 Å². The number of hydrogen-bond donors (Lipinski definition) is 3. The summed E-state index contributed by atoms with van der Waals surface area (Å²) >= 11 is 1.68. The molecule has 4 N–H and O–H groups in total. The summed E-state index contributed by atoms with van der Waals surface area (Å²) in [5.41, 5.74) is 3.73. The molecular weight excluding hydrogens is 222 g/mol. The molecule has 2 aromatic rings. The Morgan fingerprint density at radius 1 is 1.38 bits per heavy atom. The Morgan fingerprint density at radius 2 is 2.19 bits per heavy atom. The van der Waals surface area contributed by atoms with E-state index in [9.17, 15) is 0 Å². The Bertz CT molecular complexity index is 442. The molecule has 2 aromatic heterocycles. The van der Waals surface area contributed by atoms with Crippen molar-refractivity contribution in [3.8, 4) is 0 Å². The van der Waals surface area contributed by atoms with E-state index in [4.69, 9.17) is 5.84 Å². The average Bonchev–Trinajstić information content (AvgIpc) is 2.83. The molecule has 0 aliphatic heterocycles. The second-order valence-corrected chi connectivity index (χ2v) is 4.14. The fraction of sp³-hybridized carbons (Fsp3) is 0.200. The normalized spacial score (nSPS) is 12.1. The van der Waals surface area contributed by atoms with Crippen molar-refractivity contribution in [3.63, 3.8) is 0 Å². The van der Waals surface area contributed by atoms with Crippen LogP contribution >= 0.6 is 11.3 Å². The molecule has 2 rings (SSSR count). The molecule has 1 unspecified atom stereocenters. The minimum Gasteiger partial charge on any atom is -0.363 e. The van der Waals surface area contributed by atoms with E-state index in [-0.39, 0.29) is 6.04 Å². The number of nitrogens with one attached hydrogen (secondary N) is 2. The van der Waals surface area contributed by atoms with Crippen LogP contribution in [-0.4, -0.2) is 9.97 Å². The lowest BCUT2D eigenvalue weighted by atomic mass is 10.2. The standard InChI is InChI=1S/C10H13N5S/c1-7(8-2-3-16-5-8)14-9-4-10(15-11)13-6-12-9/h2-7H,11H2,1H3,(H2,12,13,14,15). The first-order valence-electron chi connectivity index (χ1n) is 4.87. The fourth-order valence-corrected chi connectivity index (χ4v) is 2.10. The van der Waals surface area contributed by atoms with Crippen LogP contribution in [-0.2, 0) is 0 Å². The van der Waals surface area contributed by atoms with Crippen LogP contribution in [0.2, 0.25) is 0 Å². The highest BCUT2D eigenvalue weighted by atomic mass is 32.1. The van der Waals surface area contributed by atoms with Crippen molar-refractivity contribution >= 4 is 23.0 Å². The maximum atomic E-state index is 5.28. The summed E-state index contributed by atoms with van der Waals surface area (Å²) in [6, 6.07) is 4.07. The molecule has 1 atom stereocenters. The zero-order chi connectivity index (χ0) is 11.4. The maximum absolute atomic E-state index is 5.28. The van der Waals surface area contributed by atoms with E-state index < -0.39 is 0 Å². The Balaban J connectivity index is 2.08. The van der Waals surface area contributed by atoms with Crippen LogP contribution in [0.3, 0.4) is 0 Å². The van der Waals surface area contributed by atoms with Gasteiger partial charge in [0.2, 0.25) is 0 Å². The van der Waals surface area contributed by atoms with Crippen LogP contribution in [0.5, 0.6) is 0 Å². The van der Waals surface area contributed by atoms with Crippen molar-refractivity contribution in [3.05, 3.63) is 34.8 Å². The summed E-state index contributed by atoms with van der Waals surface area (Å²) in [5, 5.41) is 7.45. The van der Waals surface area contributed by atoms with Crippen molar-refractivity contribution in [2.45, 2.75) is 13.0 Å². The van der Waals surface area contributed by atoms with Gasteiger partial charge in [-0.05, 0) is 29.3 Å². The van der Waals surface area contributed by atoms with Crippen molar-refractivity contribution in [1.82, 2.24) is 9.97 Å². The third-order valence-electron chi connectivity index (χ3n) is 2.22. The number of hydrazine groups is 1. The highest BCUT2D eigenvalue weighted by Crippen LogP contribution is 2.20. The van der Waals surface area contributed by atoms with Gasteiger partial charge >= 0.3 is 0 Å². The first-order chi connectivity index (χ1) is 7.79. The molecule has 0 fully saturated rings. The quantitative estimate of drug-likeness (QED) is 0.558. The Hall–Kier alpha value is -1.66. The van der Waals surface area contributed by atoms with Gasteiger partial charge in [-0.15, -0.1) is 0 Å². The van der Waals surface area contributed by atoms with E-state index in [1.807, 2.05) is 0 Å². The van der Waals surface area contributed by atoms with Gasteiger partial charge in [-0.2, -0.15) is 11.3 Å². The summed E-state index contributed by atoms with van der Waals surface area (Å²) in [7, 11) is 0. The Kier molecular flexibility index (Phi) is 3.33. The van der Waals surface area contributed by atoms with Gasteiger partial charge in [-0.3, -0.25) is 0 Å². The van der Waals surface area contributed by atoms with Crippen LogP contribution in [0.1, 0.15) is 18.5 Å². The van der Waals surface area contributed by atoms with Gasteiger partial charge < -0.3 is 10.7 Å². The predicted molar refractivity (Wildman–Crippen MR) is 66.2 cm³/mol. The predicted octanol–water partition coefficient (Wildman–Crippen LogP) is 2.00. The van der Waals surface area contributed by atoms with Gasteiger partial charge in [-0.25, -0.2) is 15.8 Å². The van der Waals surface area contributed by atoms with Crippen molar-refractivity contribution in [2.24, 2.45) is 5.84 Å². The Labute approximate surface area is 97.7 Å². The van der Waals surface area contributed by atoms with Crippen LogP contribution < -0.4 is 16.6 Å². The SMILES string of the molecule is CC(Nc1cc(NN)ncn1)c1ccsc1. The summed E-state index contributed by atoms with van der Waals surface area (Å²) in [4.78, 5) is 8.07. The molecule has 0 saturated carbocycles. The van der Waals surface area contributed by atoms with Crippen LogP contribution in [0.25, 0.3) is 0 Å². The molecule has 2 heterocycles. The first kappa shape index (κ1) is 10.8. The lowest BCUT2D eigenvalue weighted by Crippen LogP contribution is -2.11. The lowest BCUT2D eigenvalue weighted by Gasteiger charge is -2.13. The first-order valence-corrected chi connectivity index (χ1v) is 5.81. The van der Waals surface area contributed by atoms with Crippen LogP contribution in [0.15, 0.2) is 29.2 Å². The van der Waals surface area contributed by atoms with Gasteiger partial charge in [0.25, 0.3) is 0 Å².